The van der Waals surface area contributed by atoms with E-state index in [0.717, 1.165) is 29.7 Å². The zero-order valence-corrected chi connectivity index (χ0v) is 20.5. The highest BCUT2D eigenvalue weighted by Crippen LogP contribution is 2.48. The molecular weight excluding hydrogens is 426 g/mol. The fourth-order valence-electron chi connectivity index (χ4n) is 5.08. The molecule has 0 bridgehead atoms. The van der Waals surface area contributed by atoms with Crippen LogP contribution in [0.4, 0.5) is 0 Å². The molecule has 34 heavy (non-hydrogen) atoms. The molecule has 5 heteroatoms. The van der Waals surface area contributed by atoms with Crippen molar-refractivity contribution in [3.8, 4) is 5.75 Å². The first-order valence-electron chi connectivity index (χ1n) is 12.0. The van der Waals surface area contributed by atoms with Crippen molar-refractivity contribution < 1.29 is 19.1 Å². The lowest BCUT2D eigenvalue weighted by molar-refractivity contribution is -0.140. The van der Waals surface area contributed by atoms with Crippen LogP contribution in [-0.2, 0) is 20.9 Å². The third kappa shape index (κ3) is 4.98. The first-order valence-corrected chi connectivity index (χ1v) is 12.0. The molecule has 1 heterocycles. The quantitative estimate of drug-likeness (QED) is 0.474. The lowest BCUT2D eigenvalue weighted by atomic mass is 9.63. The summed E-state index contributed by atoms with van der Waals surface area (Å²) in [5.41, 5.74) is 3.52. The van der Waals surface area contributed by atoms with Gasteiger partial charge in [0.2, 0.25) is 0 Å². The molecule has 1 saturated carbocycles. The fraction of sp³-hybridized carbons (Fsp3) is 0.414. The Morgan fingerprint density at radius 2 is 1.74 bits per heavy atom. The molecule has 0 N–H and O–H groups in total. The van der Waals surface area contributed by atoms with Gasteiger partial charge in [-0.2, -0.15) is 0 Å². The number of benzene rings is 2. The lowest BCUT2D eigenvalue weighted by Gasteiger charge is -2.41. The molecule has 1 unspecified atom stereocenters. The Kier molecular flexibility index (Phi) is 7.01. The molecule has 0 saturated heterocycles. The lowest BCUT2D eigenvalue weighted by Crippen LogP contribution is -2.44. The first-order chi connectivity index (χ1) is 16.3. The van der Waals surface area contributed by atoms with Crippen molar-refractivity contribution in [3.63, 3.8) is 0 Å². The summed E-state index contributed by atoms with van der Waals surface area (Å²) in [4.78, 5) is 31.8. The van der Waals surface area contributed by atoms with E-state index in [9.17, 15) is 9.59 Å². The van der Waals surface area contributed by atoms with Gasteiger partial charge < -0.3 is 9.47 Å². The summed E-state index contributed by atoms with van der Waals surface area (Å²) in [5, 5.41) is 0. The Morgan fingerprint density at radius 1 is 1.03 bits per heavy atom. The number of ketones is 1. The highest BCUT2D eigenvalue weighted by atomic mass is 16.5. The topological polar surface area (TPSA) is 65.0 Å². The van der Waals surface area contributed by atoms with Crippen LogP contribution in [0.25, 0.3) is 0 Å². The standard InChI is InChI=1S/C29H33NO4/c1-5-15-33-24-14-10-9-13-21(24)26-25(28(32)34-18-20-11-7-6-8-12-20)19(2)30-22-16-29(3,4)17-23(31)27(22)26/h6-14,26-27H,5,15-18H2,1-4H3/t26-,27?/m0/s1. The number of carbonyl (C=O) groups is 2. The van der Waals surface area contributed by atoms with Gasteiger partial charge in [0.05, 0.1) is 18.1 Å². The zero-order valence-electron chi connectivity index (χ0n) is 20.5. The minimum Gasteiger partial charge on any atom is -0.493 e. The van der Waals surface area contributed by atoms with E-state index in [4.69, 9.17) is 14.5 Å². The number of nitrogens with zero attached hydrogens (tertiary/aromatic N) is 1. The molecule has 2 atom stereocenters. The Morgan fingerprint density at radius 3 is 2.47 bits per heavy atom. The van der Waals surface area contributed by atoms with Crippen LogP contribution < -0.4 is 4.74 Å². The van der Waals surface area contributed by atoms with Crippen molar-refractivity contribution in [1.29, 1.82) is 0 Å². The number of ether oxygens (including phenoxy) is 2. The van der Waals surface area contributed by atoms with E-state index in [0.29, 0.717) is 30.0 Å². The van der Waals surface area contributed by atoms with E-state index < -0.39 is 17.8 Å². The normalized spacial score (nSPS) is 21.5. The maximum absolute atomic E-state index is 13.5. The molecule has 0 aromatic heterocycles. The third-order valence-corrected chi connectivity index (χ3v) is 6.51. The van der Waals surface area contributed by atoms with Crippen LogP contribution in [0.15, 0.2) is 70.9 Å². The van der Waals surface area contributed by atoms with Crippen LogP contribution in [0.3, 0.4) is 0 Å². The van der Waals surface area contributed by atoms with Gasteiger partial charge in [0.15, 0.2) is 0 Å². The number of fused-ring (bicyclic) bond motifs is 1. The van der Waals surface area contributed by atoms with E-state index in [2.05, 4.69) is 20.8 Å². The van der Waals surface area contributed by atoms with Gasteiger partial charge in [0.25, 0.3) is 0 Å². The van der Waals surface area contributed by atoms with Crippen molar-refractivity contribution in [2.45, 2.75) is 59.5 Å². The summed E-state index contributed by atoms with van der Waals surface area (Å²) in [6, 6.07) is 17.3. The van der Waals surface area contributed by atoms with Crippen LogP contribution in [0.5, 0.6) is 5.75 Å². The van der Waals surface area contributed by atoms with Crippen molar-refractivity contribution in [1.82, 2.24) is 0 Å². The second-order valence-corrected chi connectivity index (χ2v) is 9.99. The van der Waals surface area contributed by atoms with Gasteiger partial charge in [-0.1, -0.05) is 69.3 Å². The average molecular weight is 460 g/mol. The van der Waals surface area contributed by atoms with Crippen molar-refractivity contribution in [2.75, 3.05) is 6.61 Å². The van der Waals surface area contributed by atoms with E-state index in [1.807, 2.05) is 61.5 Å². The molecule has 1 aliphatic carbocycles. The SMILES string of the molecule is CCCOc1ccccc1[C@H]1C(C(=O)OCc2ccccc2)=C(C)N=C2CC(C)(C)CC(=O)C21. The highest BCUT2D eigenvalue weighted by Gasteiger charge is 2.48. The van der Waals surface area contributed by atoms with Crippen LogP contribution in [0.1, 0.15) is 64.0 Å². The smallest absolute Gasteiger partial charge is 0.336 e. The van der Waals surface area contributed by atoms with Gasteiger partial charge in [0, 0.05) is 29.3 Å². The molecule has 0 amide bonds. The zero-order chi connectivity index (χ0) is 24.3. The largest absolute Gasteiger partial charge is 0.493 e. The highest BCUT2D eigenvalue weighted by molar-refractivity contribution is 6.12. The molecule has 178 valence electrons. The molecule has 0 radical (unpaired) electrons. The second-order valence-electron chi connectivity index (χ2n) is 9.99. The second kappa shape index (κ2) is 9.96. The molecule has 4 rings (SSSR count). The van der Waals surface area contributed by atoms with E-state index in [-0.39, 0.29) is 17.8 Å². The van der Waals surface area contributed by atoms with Gasteiger partial charge in [-0.25, -0.2) is 4.79 Å². The summed E-state index contributed by atoms with van der Waals surface area (Å²) < 4.78 is 11.8. The van der Waals surface area contributed by atoms with Crippen LogP contribution in [0, 0.1) is 11.3 Å². The Bertz CT molecular complexity index is 1130. The number of hydrogen-bond donors (Lipinski definition) is 0. The predicted octanol–water partition coefficient (Wildman–Crippen LogP) is 6.04. The van der Waals surface area contributed by atoms with Crippen LogP contribution in [0.2, 0.25) is 0 Å². The van der Waals surface area contributed by atoms with Crippen molar-refractivity contribution in [2.24, 2.45) is 16.3 Å². The van der Waals surface area contributed by atoms with Gasteiger partial charge >= 0.3 is 5.97 Å². The number of para-hydroxylation sites is 1. The number of carbonyl (C=O) groups excluding carboxylic acids is 2. The van der Waals surface area contributed by atoms with Gasteiger partial charge in [-0.3, -0.25) is 9.79 Å². The summed E-state index contributed by atoms with van der Waals surface area (Å²) in [7, 11) is 0. The van der Waals surface area contributed by atoms with Crippen LogP contribution >= 0.6 is 0 Å². The number of Topliss-reactive ketones (excluding diaryl/α,β-unsaturated/α-hetero) is 1. The summed E-state index contributed by atoms with van der Waals surface area (Å²) in [5.74, 6) is -0.576. The average Bonchev–Trinajstić information content (AvgIpc) is 2.80. The molecule has 0 spiro atoms. The summed E-state index contributed by atoms with van der Waals surface area (Å²) in [6.45, 7) is 8.82. The minimum atomic E-state index is -0.484. The van der Waals surface area contributed by atoms with Crippen molar-refractivity contribution in [3.05, 3.63) is 77.0 Å². The Balaban J connectivity index is 1.77. The Hall–Kier alpha value is -3.21. The van der Waals surface area contributed by atoms with Crippen molar-refractivity contribution >= 4 is 17.5 Å². The first kappa shape index (κ1) is 23.9. The molecule has 1 fully saturated rings. The maximum Gasteiger partial charge on any atom is 0.336 e. The van der Waals surface area contributed by atoms with E-state index in [1.165, 1.54) is 0 Å². The number of aliphatic imine (C=N–C) groups is 1. The van der Waals surface area contributed by atoms with Crippen LogP contribution in [-0.4, -0.2) is 24.1 Å². The third-order valence-electron chi connectivity index (χ3n) is 6.51. The summed E-state index contributed by atoms with van der Waals surface area (Å²) >= 11 is 0. The summed E-state index contributed by atoms with van der Waals surface area (Å²) in [6.07, 6.45) is 2.04. The van der Waals surface area contributed by atoms with Gasteiger partial charge in [0.1, 0.15) is 18.1 Å². The molecule has 2 aliphatic rings. The number of esters is 1. The van der Waals surface area contributed by atoms with E-state index in [1.54, 1.807) is 0 Å². The monoisotopic (exact) mass is 459 g/mol. The molecule has 2 aromatic rings. The van der Waals surface area contributed by atoms with Gasteiger partial charge in [-0.15, -0.1) is 0 Å². The van der Waals surface area contributed by atoms with E-state index >= 15 is 0 Å². The number of hydrogen-bond acceptors (Lipinski definition) is 5. The predicted molar refractivity (Wildman–Crippen MR) is 133 cm³/mol. The minimum absolute atomic E-state index is 0.117. The maximum atomic E-state index is 13.5. The van der Waals surface area contributed by atoms with Gasteiger partial charge in [-0.05, 0) is 36.8 Å². The number of rotatable bonds is 7. The molecular formula is C29H33NO4. The molecule has 2 aromatic carbocycles. The number of allylic oxidation sites excluding steroid dienone is 1. The molecule has 1 aliphatic heterocycles. The Labute approximate surface area is 201 Å². The fourth-order valence-corrected chi connectivity index (χ4v) is 5.08. The molecule has 5 nitrogen and oxygen atoms in total.